The van der Waals surface area contributed by atoms with Gasteiger partial charge in [0.2, 0.25) is 11.7 Å². The Morgan fingerprint density at radius 2 is 1.70 bits per heavy atom. The lowest BCUT2D eigenvalue weighted by molar-refractivity contribution is 0.103. The Kier molecular flexibility index (Phi) is 7.06. The van der Waals surface area contributed by atoms with E-state index in [-0.39, 0.29) is 28.1 Å². The molecule has 0 aliphatic carbocycles. The van der Waals surface area contributed by atoms with Crippen LogP contribution in [0.15, 0.2) is 53.4 Å². The van der Waals surface area contributed by atoms with Crippen LogP contribution in [0, 0.1) is 6.92 Å². The average molecular weight is 559 g/mol. The maximum absolute atomic E-state index is 14.1. The van der Waals surface area contributed by atoms with Crippen molar-refractivity contribution in [3.8, 4) is 11.9 Å². The Morgan fingerprint density at radius 3 is 2.27 bits per heavy atom. The second-order valence-electron chi connectivity index (χ2n) is 9.47. The molecule has 4 aromatic rings. The van der Waals surface area contributed by atoms with Crippen molar-refractivity contribution in [2.75, 3.05) is 19.1 Å². The minimum Gasteiger partial charge on any atom is -0.480 e. The molecule has 0 saturated heterocycles. The Bertz CT molecular complexity index is 1610. The summed E-state index contributed by atoms with van der Waals surface area (Å²) in [5.41, 5.74) is 1.46. The van der Waals surface area contributed by atoms with E-state index < -0.39 is 23.9 Å². The van der Waals surface area contributed by atoms with Gasteiger partial charge < -0.3 is 9.47 Å². The summed E-state index contributed by atoms with van der Waals surface area (Å²) in [5, 5.41) is 1.46. The van der Waals surface area contributed by atoms with E-state index in [1.54, 1.807) is 30.3 Å². The molecule has 0 aliphatic heterocycles. The fraction of sp³-hybridized carbons (Fsp3) is 0.240. The van der Waals surface area contributed by atoms with Gasteiger partial charge in [-0.15, -0.1) is 0 Å². The van der Waals surface area contributed by atoms with Crippen LogP contribution >= 0.6 is 11.6 Å². The van der Waals surface area contributed by atoms with Crippen LogP contribution in [0.2, 0.25) is 24.7 Å². The predicted molar refractivity (Wildman–Crippen MR) is 146 cm³/mol. The zero-order valence-corrected chi connectivity index (χ0v) is 23.9. The second kappa shape index (κ2) is 9.80. The van der Waals surface area contributed by atoms with Crippen LogP contribution in [-0.4, -0.2) is 51.1 Å². The number of nitrogens with one attached hydrogen (secondary N) is 1. The van der Waals surface area contributed by atoms with Crippen molar-refractivity contribution in [1.29, 1.82) is 0 Å². The van der Waals surface area contributed by atoms with Gasteiger partial charge in [0.25, 0.3) is 10.0 Å². The molecule has 0 spiro atoms. The number of hydrogen-bond acceptors (Lipinski definition) is 7. The van der Waals surface area contributed by atoms with E-state index in [2.05, 4.69) is 14.8 Å². The minimum atomic E-state index is -4.13. The van der Waals surface area contributed by atoms with E-state index in [0.717, 1.165) is 5.56 Å². The normalized spacial score (nSPS) is 12.0. The Morgan fingerprint density at radius 1 is 1.03 bits per heavy atom. The summed E-state index contributed by atoms with van der Waals surface area (Å²) in [7, 11) is -3.67. The molecule has 12 heteroatoms. The number of rotatable bonds is 8. The van der Waals surface area contributed by atoms with Gasteiger partial charge in [0.1, 0.15) is 5.69 Å². The van der Waals surface area contributed by atoms with E-state index in [4.69, 9.17) is 21.1 Å². The van der Waals surface area contributed by atoms with Gasteiger partial charge in [0, 0.05) is 10.6 Å². The van der Waals surface area contributed by atoms with Crippen LogP contribution in [0.5, 0.6) is 11.9 Å². The highest BCUT2D eigenvalue weighted by molar-refractivity contribution is 7.92. The van der Waals surface area contributed by atoms with Gasteiger partial charge in [0.05, 0.1) is 32.6 Å². The third kappa shape index (κ3) is 5.06. The molecule has 0 aliphatic rings. The highest BCUT2D eigenvalue weighted by atomic mass is 35.5. The fourth-order valence-corrected chi connectivity index (χ4v) is 7.17. The smallest absolute Gasteiger partial charge is 0.321 e. The van der Waals surface area contributed by atoms with Gasteiger partial charge in [-0.3, -0.25) is 4.79 Å². The number of hydrogen-bond donors (Lipinski definition) is 1. The van der Waals surface area contributed by atoms with Crippen LogP contribution < -0.4 is 19.5 Å². The molecule has 0 atom stereocenters. The lowest BCUT2D eigenvalue weighted by Gasteiger charge is -2.20. The van der Waals surface area contributed by atoms with Gasteiger partial charge in [-0.2, -0.15) is 18.4 Å². The van der Waals surface area contributed by atoms with E-state index in [1.807, 2.05) is 26.6 Å². The third-order valence-electron chi connectivity index (χ3n) is 5.73. The molecule has 37 heavy (non-hydrogen) atoms. The summed E-state index contributed by atoms with van der Waals surface area (Å²) in [5.74, 6) is -0.252. The molecular weight excluding hydrogens is 532 g/mol. The summed E-state index contributed by atoms with van der Waals surface area (Å²) in [6.07, 6.45) is 0. The number of aryl methyl sites for hydroxylation is 1. The van der Waals surface area contributed by atoms with Gasteiger partial charge in [-0.25, -0.2) is 9.51 Å². The number of ketones is 1. The van der Waals surface area contributed by atoms with Gasteiger partial charge in [-0.05, 0) is 36.4 Å². The number of halogens is 1. The zero-order chi connectivity index (χ0) is 27.1. The quantitative estimate of drug-likeness (QED) is 0.256. The van der Waals surface area contributed by atoms with Crippen molar-refractivity contribution in [2.45, 2.75) is 31.5 Å². The Balaban J connectivity index is 2.11. The molecular formula is C25H27ClN4O5SSi. The number of carbonyl (C=O) groups is 1. The summed E-state index contributed by atoms with van der Waals surface area (Å²) in [4.78, 5) is 25.4. The first kappa shape index (κ1) is 26.6. The number of fused-ring (bicyclic) bond motifs is 1. The average Bonchev–Trinajstić information content (AvgIpc) is 3.17. The molecule has 9 nitrogen and oxygen atoms in total. The highest BCUT2D eigenvalue weighted by Crippen LogP contribution is 2.31. The fourth-order valence-electron chi connectivity index (χ4n) is 4.06. The van der Waals surface area contributed by atoms with Crippen LogP contribution in [-0.2, 0) is 10.0 Å². The van der Waals surface area contributed by atoms with Crippen LogP contribution in [0.1, 0.15) is 21.6 Å². The van der Waals surface area contributed by atoms with Crippen molar-refractivity contribution in [1.82, 2.24) is 14.6 Å². The van der Waals surface area contributed by atoms with E-state index in [1.165, 1.54) is 37.1 Å². The topological polar surface area (TPSA) is 112 Å². The number of ether oxygens (including phenoxy) is 2. The van der Waals surface area contributed by atoms with Crippen LogP contribution in [0.4, 0.5) is 0 Å². The molecule has 0 bridgehead atoms. The Labute approximate surface area is 221 Å². The SMILES string of the molecule is COc1nc(OC)c2c([Si](C)(C)C)c(C(=O)c3cccc(Cl)c3)n(NS(=O)(=O)c3ccc(C)cc3)c2n1. The lowest BCUT2D eigenvalue weighted by Crippen LogP contribution is -2.42. The zero-order valence-electron chi connectivity index (χ0n) is 21.3. The number of carbonyl (C=O) groups excluding carboxylic acids is 1. The molecule has 2 aromatic heterocycles. The molecule has 194 valence electrons. The summed E-state index contributed by atoms with van der Waals surface area (Å²) in [6, 6.07) is 12.8. The molecule has 0 radical (unpaired) electrons. The van der Waals surface area contributed by atoms with Gasteiger partial charge >= 0.3 is 6.01 Å². The van der Waals surface area contributed by atoms with Gasteiger partial charge in [-0.1, -0.05) is 61.1 Å². The number of nitrogens with zero attached hydrogens (tertiary/aromatic N) is 3. The predicted octanol–water partition coefficient (Wildman–Crippen LogP) is 4.12. The largest absolute Gasteiger partial charge is 0.480 e. The first-order chi connectivity index (χ1) is 17.4. The van der Waals surface area contributed by atoms with Crippen LogP contribution in [0.25, 0.3) is 11.0 Å². The highest BCUT2D eigenvalue weighted by Gasteiger charge is 2.36. The maximum Gasteiger partial charge on any atom is 0.321 e. The van der Waals surface area contributed by atoms with Crippen molar-refractivity contribution < 1.29 is 22.7 Å². The van der Waals surface area contributed by atoms with E-state index in [0.29, 0.717) is 21.2 Å². The van der Waals surface area contributed by atoms with Crippen molar-refractivity contribution in [2.24, 2.45) is 0 Å². The molecule has 4 rings (SSSR count). The third-order valence-corrected chi connectivity index (χ3v) is 9.27. The number of methoxy groups -OCH3 is 2. The maximum atomic E-state index is 14.1. The molecule has 2 aromatic carbocycles. The number of aromatic nitrogens is 3. The minimum absolute atomic E-state index is 0.0312. The van der Waals surface area contributed by atoms with Crippen LogP contribution in [0.3, 0.4) is 0 Å². The van der Waals surface area contributed by atoms with Crippen molar-refractivity contribution >= 4 is 51.7 Å². The molecule has 0 amide bonds. The van der Waals surface area contributed by atoms with Crippen molar-refractivity contribution in [3.05, 3.63) is 70.4 Å². The molecule has 0 fully saturated rings. The number of benzene rings is 2. The summed E-state index contributed by atoms with van der Waals surface area (Å²) >= 11 is 6.19. The number of sulfonamides is 1. The summed E-state index contributed by atoms with van der Waals surface area (Å²) in [6.45, 7) is 7.98. The molecule has 0 unspecified atom stereocenters. The molecule has 0 saturated carbocycles. The first-order valence-electron chi connectivity index (χ1n) is 11.3. The Hall–Kier alpha value is -3.41. The molecule has 2 heterocycles. The monoisotopic (exact) mass is 558 g/mol. The van der Waals surface area contributed by atoms with Gasteiger partial charge in [0.15, 0.2) is 5.65 Å². The first-order valence-corrected chi connectivity index (χ1v) is 16.7. The van der Waals surface area contributed by atoms with Crippen molar-refractivity contribution in [3.63, 3.8) is 0 Å². The summed E-state index contributed by atoms with van der Waals surface area (Å²) < 4.78 is 39.1. The van der Waals surface area contributed by atoms with E-state index >= 15 is 0 Å². The molecule has 1 N–H and O–H groups in total. The second-order valence-corrected chi connectivity index (χ2v) is 16.6. The lowest BCUT2D eigenvalue weighted by atomic mass is 10.1. The standard InChI is InChI=1S/C25H27ClN4O5SSi/c1-15-10-12-18(13-11-15)36(32,33)29-30-20(21(31)16-8-7-9-17(26)14-16)22(37(4,5)6)19-23(30)27-25(35-3)28-24(19)34-2/h7-14,29H,1-6H3. The van der Waals surface area contributed by atoms with E-state index in [9.17, 15) is 13.2 Å².